The van der Waals surface area contributed by atoms with Crippen LogP contribution in [0, 0.1) is 0 Å². The van der Waals surface area contributed by atoms with E-state index < -0.39 is 6.04 Å². The van der Waals surface area contributed by atoms with Gasteiger partial charge in [0, 0.05) is 37.9 Å². The Bertz CT molecular complexity index is 1090. The maximum absolute atomic E-state index is 12.8. The largest absolute Gasteiger partial charge is 0.494 e. The number of ether oxygens (including phenoxy) is 1. The first kappa shape index (κ1) is 23.7. The van der Waals surface area contributed by atoms with Crippen molar-refractivity contribution in [1.29, 1.82) is 0 Å². The number of hydrogen-bond donors (Lipinski definition) is 1. The van der Waals surface area contributed by atoms with Crippen LogP contribution in [0.5, 0.6) is 5.75 Å². The van der Waals surface area contributed by atoms with Crippen molar-refractivity contribution in [3.63, 3.8) is 0 Å². The number of nitrogens with zero attached hydrogens (tertiary/aromatic N) is 3. The summed E-state index contributed by atoms with van der Waals surface area (Å²) in [4.78, 5) is 42.6. The molecule has 0 unspecified atom stereocenters. The van der Waals surface area contributed by atoms with Crippen LogP contribution in [-0.2, 0) is 20.9 Å². The van der Waals surface area contributed by atoms with E-state index in [4.69, 9.17) is 17.0 Å². The summed E-state index contributed by atoms with van der Waals surface area (Å²) in [5, 5.41) is 3.23. The second-order valence-electron chi connectivity index (χ2n) is 8.35. The van der Waals surface area contributed by atoms with Crippen LogP contribution >= 0.6 is 12.2 Å². The lowest BCUT2D eigenvalue weighted by Crippen LogP contribution is -2.37. The van der Waals surface area contributed by atoms with Gasteiger partial charge in [0.05, 0.1) is 13.0 Å². The van der Waals surface area contributed by atoms with E-state index in [1.54, 1.807) is 41.1 Å². The molecule has 4 rings (SSSR count). The number of hydrogen-bond acceptors (Lipinski definition) is 5. The van der Waals surface area contributed by atoms with Crippen molar-refractivity contribution < 1.29 is 19.1 Å². The van der Waals surface area contributed by atoms with Gasteiger partial charge in [-0.15, -0.1) is 0 Å². The molecule has 8 nitrogen and oxygen atoms in total. The van der Waals surface area contributed by atoms with Gasteiger partial charge in [-0.3, -0.25) is 19.3 Å². The van der Waals surface area contributed by atoms with Crippen LogP contribution in [0.1, 0.15) is 31.7 Å². The predicted molar refractivity (Wildman–Crippen MR) is 134 cm³/mol. The first-order valence-electron chi connectivity index (χ1n) is 11.4. The summed E-state index contributed by atoms with van der Waals surface area (Å²) in [5.74, 6) is 0.392. The van der Waals surface area contributed by atoms with Crippen LogP contribution in [0.3, 0.4) is 0 Å². The highest BCUT2D eigenvalue weighted by Gasteiger charge is 2.41. The smallest absolute Gasteiger partial charge is 0.251 e. The molecule has 0 aromatic heterocycles. The molecule has 2 aliphatic heterocycles. The van der Waals surface area contributed by atoms with Gasteiger partial charge in [0.2, 0.25) is 11.8 Å². The monoisotopic (exact) mass is 480 g/mol. The number of likely N-dealkylation sites (N-methyl/N-ethyl adjacent to an activating group) is 1. The van der Waals surface area contributed by atoms with Crippen LogP contribution in [0.4, 0.5) is 11.4 Å². The van der Waals surface area contributed by atoms with Crippen LogP contribution in [0.2, 0.25) is 0 Å². The molecule has 0 aliphatic carbocycles. The zero-order valence-electron chi connectivity index (χ0n) is 19.3. The fraction of sp³-hybridized carbons (Fsp3) is 0.360. The average Bonchev–Trinajstić information content (AvgIpc) is 3.34. The molecule has 178 valence electrons. The van der Waals surface area contributed by atoms with E-state index in [0.717, 1.165) is 30.0 Å². The minimum Gasteiger partial charge on any atom is -0.494 e. The van der Waals surface area contributed by atoms with Gasteiger partial charge in [0.15, 0.2) is 5.11 Å². The number of carbonyl (C=O) groups excluding carboxylic acids is 3. The fourth-order valence-electron chi connectivity index (χ4n) is 4.24. The minimum absolute atomic E-state index is 0.0170. The number of nitrogens with one attached hydrogen (secondary N) is 1. The fourth-order valence-corrected chi connectivity index (χ4v) is 4.52. The van der Waals surface area contributed by atoms with Gasteiger partial charge >= 0.3 is 0 Å². The van der Waals surface area contributed by atoms with E-state index in [1.807, 2.05) is 31.2 Å². The summed E-state index contributed by atoms with van der Waals surface area (Å²) in [6.45, 7) is 3.60. The lowest BCUT2D eigenvalue weighted by atomic mass is 10.1. The molecular formula is C25H28N4O4S. The van der Waals surface area contributed by atoms with Crippen molar-refractivity contribution >= 4 is 46.4 Å². The molecule has 9 heteroatoms. The minimum atomic E-state index is -0.681. The number of rotatable bonds is 8. The van der Waals surface area contributed by atoms with E-state index in [1.165, 1.54) is 4.90 Å². The van der Waals surface area contributed by atoms with E-state index in [0.29, 0.717) is 30.4 Å². The average molecular weight is 481 g/mol. The Morgan fingerprint density at radius 3 is 2.44 bits per heavy atom. The summed E-state index contributed by atoms with van der Waals surface area (Å²) in [7, 11) is 1.63. The Labute approximate surface area is 204 Å². The Hall–Kier alpha value is -3.46. The van der Waals surface area contributed by atoms with Gasteiger partial charge in [-0.05, 0) is 67.5 Å². The molecule has 2 fully saturated rings. The third kappa shape index (κ3) is 5.04. The van der Waals surface area contributed by atoms with E-state index in [2.05, 4.69) is 5.32 Å². The molecule has 0 saturated carbocycles. The van der Waals surface area contributed by atoms with Gasteiger partial charge in [-0.2, -0.15) is 0 Å². The molecule has 2 heterocycles. The maximum atomic E-state index is 12.8. The highest BCUT2D eigenvalue weighted by molar-refractivity contribution is 7.80. The summed E-state index contributed by atoms with van der Waals surface area (Å²) < 4.78 is 5.42. The highest BCUT2D eigenvalue weighted by atomic mass is 32.1. The summed E-state index contributed by atoms with van der Waals surface area (Å²) >= 11 is 5.50. The first-order chi connectivity index (χ1) is 16.4. The Balaban J connectivity index is 1.42. The second kappa shape index (κ2) is 10.2. The van der Waals surface area contributed by atoms with Crippen molar-refractivity contribution in [2.24, 2.45) is 0 Å². The van der Waals surface area contributed by atoms with Gasteiger partial charge in [-0.25, -0.2) is 0 Å². The number of benzene rings is 2. The first-order valence-corrected chi connectivity index (χ1v) is 11.8. The Morgan fingerprint density at radius 1 is 1.12 bits per heavy atom. The highest BCUT2D eigenvalue weighted by Crippen LogP contribution is 2.26. The molecule has 2 aliphatic rings. The molecule has 2 aromatic rings. The van der Waals surface area contributed by atoms with E-state index >= 15 is 0 Å². The summed E-state index contributed by atoms with van der Waals surface area (Å²) in [6.07, 6.45) is 1.44. The number of carbonyl (C=O) groups is 3. The van der Waals surface area contributed by atoms with Crippen molar-refractivity contribution in [2.45, 2.75) is 38.8 Å². The standard InChI is InChI=1S/C25H28N4O4S/c1-3-33-20-12-8-18(9-13-20)26-22(30)15-21-24(32)27(2)25(34)29(21)16-17-6-10-19(11-7-17)28-14-4-5-23(28)31/h6-13,21H,3-5,14-16H2,1-2H3,(H,26,30)/t21-/m0/s1. The van der Waals surface area contributed by atoms with E-state index in [9.17, 15) is 14.4 Å². The molecular weight excluding hydrogens is 452 g/mol. The van der Waals surface area contributed by atoms with Crippen molar-refractivity contribution in [2.75, 3.05) is 30.4 Å². The third-order valence-electron chi connectivity index (χ3n) is 6.03. The van der Waals surface area contributed by atoms with Crippen LogP contribution in [-0.4, -0.2) is 58.9 Å². The van der Waals surface area contributed by atoms with Gasteiger partial charge in [0.25, 0.3) is 5.91 Å². The van der Waals surface area contributed by atoms with Crippen molar-refractivity contribution in [3.05, 3.63) is 54.1 Å². The SMILES string of the molecule is CCOc1ccc(NC(=O)C[C@H]2C(=O)N(C)C(=S)N2Cc2ccc(N3CCCC3=O)cc2)cc1. The lowest BCUT2D eigenvalue weighted by Gasteiger charge is -2.24. The van der Waals surface area contributed by atoms with E-state index in [-0.39, 0.29) is 24.1 Å². The quantitative estimate of drug-likeness (QED) is 0.585. The van der Waals surface area contributed by atoms with Crippen LogP contribution < -0.4 is 15.0 Å². The number of amides is 3. The van der Waals surface area contributed by atoms with Crippen LogP contribution in [0.25, 0.3) is 0 Å². The molecule has 1 N–H and O–H groups in total. The maximum Gasteiger partial charge on any atom is 0.251 e. The Morgan fingerprint density at radius 2 is 1.82 bits per heavy atom. The van der Waals surface area contributed by atoms with Gasteiger partial charge in [0.1, 0.15) is 11.8 Å². The Kier molecular flexibility index (Phi) is 7.12. The number of anilines is 2. The van der Waals surface area contributed by atoms with Crippen molar-refractivity contribution in [3.8, 4) is 5.75 Å². The third-order valence-corrected chi connectivity index (χ3v) is 6.54. The molecule has 3 amide bonds. The molecule has 34 heavy (non-hydrogen) atoms. The molecule has 2 aromatic carbocycles. The van der Waals surface area contributed by atoms with Gasteiger partial charge in [-0.1, -0.05) is 12.1 Å². The molecule has 1 atom stereocenters. The number of thiocarbonyl (C=S) groups is 1. The van der Waals surface area contributed by atoms with Crippen molar-refractivity contribution in [1.82, 2.24) is 9.80 Å². The molecule has 0 bridgehead atoms. The summed E-state index contributed by atoms with van der Waals surface area (Å²) in [6, 6.07) is 14.1. The topological polar surface area (TPSA) is 82.2 Å². The predicted octanol–water partition coefficient (Wildman–Crippen LogP) is 3.17. The summed E-state index contributed by atoms with van der Waals surface area (Å²) in [5.41, 5.74) is 2.45. The van der Waals surface area contributed by atoms with Gasteiger partial charge < -0.3 is 19.9 Å². The molecule has 2 saturated heterocycles. The zero-order chi connectivity index (χ0) is 24.2. The molecule has 0 radical (unpaired) electrons. The second-order valence-corrected chi connectivity index (χ2v) is 8.71. The normalized spacial score (nSPS) is 18.1. The lowest BCUT2D eigenvalue weighted by molar-refractivity contribution is -0.130. The molecule has 0 spiro atoms. The van der Waals surface area contributed by atoms with Crippen LogP contribution in [0.15, 0.2) is 48.5 Å². The zero-order valence-corrected chi connectivity index (χ0v) is 20.1.